The van der Waals surface area contributed by atoms with Crippen molar-refractivity contribution in [3.05, 3.63) is 34.4 Å². The Morgan fingerprint density at radius 1 is 0.722 bits per heavy atom. The normalized spacial score (nSPS) is 13.7. The minimum Gasteiger partial charge on any atom is -0.0777 e. The predicted octanol–water partition coefficient (Wildman–Crippen LogP) is 6.55. The number of rotatable bonds is 4. The number of hydrogen-bond acceptors (Lipinski definition) is 0. The highest BCUT2D eigenvalue weighted by molar-refractivity contribution is 14.1. The van der Waals surface area contributed by atoms with Gasteiger partial charge in [0.05, 0.1) is 0 Å². The SMILES string of the molecule is CC(C)c1cc(C(C)C)c(C(C)I)c(C(C)C)c1. The quantitative estimate of drug-likeness (QED) is 0.423. The van der Waals surface area contributed by atoms with Crippen LogP contribution in [-0.2, 0) is 0 Å². The van der Waals surface area contributed by atoms with Crippen LogP contribution in [0.3, 0.4) is 0 Å². The van der Waals surface area contributed by atoms with E-state index in [9.17, 15) is 0 Å². The van der Waals surface area contributed by atoms with E-state index in [0.717, 1.165) is 0 Å². The van der Waals surface area contributed by atoms with E-state index in [0.29, 0.717) is 21.7 Å². The standard InChI is InChI=1S/C17H27I/c1-10(2)14-8-15(11(3)4)17(13(7)18)16(9-14)12(5)6/h8-13H,1-7H3. The summed E-state index contributed by atoms with van der Waals surface area (Å²) in [5.41, 5.74) is 6.16. The van der Waals surface area contributed by atoms with Gasteiger partial charge in [0.15, 0.2) is 0 Å². The summed E-state index contributed by atoms with van der Waals surface area (Å²) in [4.78, 5) is 0. The smallest absolute Gasteiger partial charge is 0.0337 e. The van der Waals surface area contributed by atoms with Crippen LogP contribution in [0.5, 0.6) is 0 Å². The summed E-state index contributed by atoms with van der Waals surface area (Å²) in [5.74, 6) is 1.82. The first-order chi connectivity index (χ1) is 8.25. The number of hydrogen-bond donors (Lipinski definition) is 0. The van der Waals surface area contributed by atoms with Crippen LogP contribution in [0.15, 0.2) is 12.1 Å². The highest BCUT2D eigenvalue weighted by Gasteiger charge is 2.19. The average Bonchev–Trinajstić information content (AvgIpc) is 2.26. The molecule has 102 valence electrons. The van der Waals surface area contributed by atoms with Crippen LogP contribution >= 0.6 is 22.6 Å². The minimum absolute atomic E-state index is 0.582. The molecule has 0 amide bonds. The average molecular weight is 358 g/mol. The second-order valence-corrected chi connectivity index (χ2v) is 8.06. The van der Waals surface area contributed by atoms with Crippen LogP contribution in [-0.4, -0.2) is 0 Å². The maximum atomic E-state index is 2.56. The van der Waals surface area contributed by atoms with Gasteiger partial charge in [-0.05, 0) is 46.9 Å². The lowest BCUT2D eigenvalue weighted by atomic mass is 9.83. The Morgan fingerprint density at radius 3 is 1.33 bits per heavy atom. The van der Waals surface area contributed by atoms with Gasteiger partial charge in [-0.2, -0.15) is 0 Å². The van der Waals surface area contributed by atoms with E-state index in [2.05, 4.69) is 83.2 Å². The van der Waals surface area contributed by atoms with Crippen molar-refractivity contribution in [1.82, 2.24) is 0 Å². The molecule has 0 aliphatic carbocycles. The summed E-state index contributed by atoms with van der Waals surface area (Å²) in [6, 6.07) is 4.87. The summed E-state index contributed by atoms with van der Waals surface area (Å²) in [7, 11) is 0. The Kier molecular flexibility index (Phi) is 5.69. The second-order valence-electron chi connectivity index (χ2n) is 6.19. The number of benzene rings is 1. The van der Waals surface area contributed by atoms with Crippen LogP contribution in [0.4, 0.5) is 0 Å². The molecule has 0 heterocycles. The van der Waals surface area contributed by atoms with E-state index >= 15 is 0 Å². The largest absolute Gasteiger partial charge is 0.0777 e. The van der Waals surface area contributed by atoms with E-state index in [1.165, 1.54) is 5.56 Å². The fraction of sp³-hybridized carbons (Fsp3) is 0.647. The minimum atomic E-state index is 0.582. The van der Waals surface area contributed by atoms with Crippen molar-refractivity contribution >= 4 is 22.6 Å². The first-order valence-corrected chi connectivity index (χ1v) is 8.31. The molecule has 0 nitrogen and oxygen atoms in total. The molecule has 0 fully saturated rings. The Hall–Kier alpha value is -0.0500. The van der Waals surface area contributed by atoms with Crippen molar-refractivity contribution < 1.29 is 0 Å². The molecule has 1 rings (SSSR count). The third-order valence-electron chi connectivity index (χ3n) is 3.57. The molecule has 0 bridgehead atoms. The van der Waals surface area contributed by atoms with E-state index < -0.39 is 0 Å². The van der Waals surface area contributed by atoms with Crippen molar-refractivity contribution in [3.8, 4) is 0 Å². The first kappa shape index (κ1) is 16.0. The predicted molar refractivity (Wildman–Crippen MR) is 91.1 cm³/mol. The molecule has 0 aliphatic rings. The molecule has 1 heteroatoms. The first-order valence-electron chi connectivity index (χ1n) is 7.07. The van der Waals surface area contributed by atoms with E-state index in [4.69, 9.17) is 0 Å². The van der Waals surface area contributed by atoms with Crippen molar-refractivity contribution in [2.75, 3.05) is 0 Å². The van der Waals surface area contributed by atoms with Crippen LogP contribution in [0.1, 0.15) is 92.4 Å². The fourth-order valence-electron chi connectivity index (χ4n) is 2.47. The second kappa shape index (κ2) is 6.40. The van der Waals surface area contributed by atoms with E-state index in [-0.39, 0.29) is 0 Å². The maximum absolute atomic E-state index is 2.56. The Bertz CT molecular complexity index is 371. The van der Waals surface area contributed by atoms with Gasteiger partial charge in [-0.1, -0.05) is 76.3 Å². The zero-order chi connectivity index (χ0) is 14.0. The lowest BCUT2D eigenvalue weighted by molar-refractivity contribution is 0.779. The molecule has 1 aromatic rings. The van der Waals surface area contributed by atoms with Crippen LogP contribution < -0.4 is 0 Å². The van der Waals surface area contributed by atoms with Crippen molar-refractivity contribution in [2.24, 2.45) is 0 Å². The Labute approximate surface area is 127 Å². The van der Waals surface area contributed by atoms with Gasteiger partial charge >= 0.3 is 0 Å². The molecule has 0 saturated carbocycles. The maximum Gasteiger partial charge on any atom is 0.0337 e. The van der Waals surface area contributed by atoms with Gasteiger partial charge in [0.25, 0.3) is 0 Å². The van der Waals surface area contributed by atoms with Crippen molar-refractivity contribution in [2.45, 2.75) is 70.1 Å². The summed E-state index contributed by atoms with van der Waals surface area (Å²) >= 11 is 2.56. The molecule has 1 unspecified atom stereocenters. The molecule has 0 saturated heterocycles. The van der Waals surface area contributed by atoms with Gasteiger partial charge in [-0.3, -0.25) is 0 Å². The zero-order valence-electron chi connectivity index (χ0n) is 12.8. The Balaban J connectivity index is 3.55. The third kappa shape index (κ3) is 3.49. The molecule has 0 aromatic heterocycles. The monoisotopic (exact) mass is 358 g/mol. The summed E-state index contributed by atoms with van der Waals surface area (Å²) in [5, 5.41) is 0. The summed E-state index contributed by atoms with van der Waals surface area (Å²) < 4.78 is 0.582. The van der Waals surface area contributed by atoms with Gasteiger partial charge < -0.3 is 0 Å². The Morgan fingerprint density at radius 2 is 1.11 bits per heavy atom. The zero-order valence-corrected chi connectivity index (χ0v) is 15.0. The van der Waals surface area contributed by atoms with Crippen LogP contribution in [0.2, 0.25) is 0 Å². The van der Waals surface area contributed by atoms with Gasteiger partial charge in [-0.25, -0.2) is 0 Å². The highest BCUT2D eigenvalue weighted by Crippen LogP contribution is 2.38. The van der Waals surface area contributed by atoms with Gasteiger partial charge in [0, 0.05) is 3.92 Å². The molecular formula is C17H27I. The van der Waals surface area contributed by atoms with Gasteiger partial charge in [0.2, 0.25) is 0 Å². The number of alkyl halides is 1. The summed E-state index contributed by atoms with van der Waals surface area (Å²) in [6.45, 7) is 16.1. The highest BCUT2D eigenvalue weighted by atomic mass is 127. The van der Waals surface area contributed by atoms with Crippen molar-refractivity contribution in [3.63, 3.8) is 0 Å². The molecule has 0 aliphatic heterocycles. The lowest BCUT2D eigenvalue weighted by Gasteiger charge is -2.24. The van der Waals surface area contributed by atoms with E-state index in [1.807, 2.05) is 0 Å². The van der Waals surface area contributed by atoms with Crippen LogP contribution in [0.25, 0.3) is 0 Å². The van der Waals surface area contributed by atoms with Crippen molar-refractivity contribution in [1.29, 1.82) is 0 Å². The lowest BCUT2D eigenvalue weighted by Crippen LogP contribution is -2.06. The number of halogens is 1. The fourth-order valence-corrected chi connectivity index (χ4v) is 3.19. The van der Waals surface area contributed by atoms with Gasteiger partial charge in [0.1, 0.15) is 0 Å². The molecule has 0 N–H and O–H groups in total. The molecule has 1 atom stereocenters. The van der Waals surface area contributed by atoms with Crippen LogP contribution in [0, 0.1) is 0 Å². The molecule has 0 spiro atoms. The van der Waals surface area contributed by atoms with Gasteiger partial charge in [-0.15, -0.1) is 0 Å². The topological polar surface area (TPSA) is 0 Å². The molecule has 0 radical (unpaired) electrons. The third-order valence-corrected chi connectivity index (χ3v) is 4.20. The summed E-state index contributed by atoms with van der Waals surface area (Å²) in [6.07, 6.45) is 0. The molecule has 18 heavy (non-hydrogen) atoms. The van der Waals surface area contributed by atoms with E-state index in [1.54, 1.807) is 16.7 Å². The molecule has 1 aromatic carbocycles. The molecular weight excluding hydrogens is 331 g/mol.